The topological polar surface area (TPSA) is 64.0 Å². The van der Waals surface area contributed by atoms with E-state index in [1.807, 2.05) is 0 Å². The summed E-state index contributed by atoms with van der Waals surface area (Å²) in [5.41, 5.74) is 1.94. The molecule has 1 N–H and O–H groups in total. The van der Waals surface area contributed by atoms with Crippen LogP contribution < -0.4 is 10.9 Å². The first-order valence-corrected chi connectivity index (χ1v) is 9.23. The van der Waals surface area contributed by atoms with Crippen LogP contribution in [0.4, 0.5) is 0 Å². The number of unbranched alkanes of at least 4 members (excludes halogenated alkanes) is 2. The van der Waals surface area contributed by atoms with Crippen molar-refractivity contribution in [3.8, 4) is 0 Å². The number of nitrogens with zero attached hydrogens (tertiary/aromatic N) is 2. The molecular weight excluding hydrogens is 298 g/mol. The molecule has 1 atom stereocenters. The maximum atomic E-state index is 12.6. The first-order valence-electron chi connectivity index (χ1n) is 8.24. The largest absolute Gasteiger partial charge is 0.356 e. The standard InChI is InChI=1S/C16H23N3O2S/c1-2-3-4-8-17-14(20)9-11-10-22-16-18-13-7-5-6-12(13)15(21)19(11)16/h11H,2-10H2,1H3,(H,17,20). The zero-order valence-electron chi connectivity index (χ0n) is 13.1. The van der Waals surface area contributed by atoms with E-state index in [0.717, 1.165) is 67.2 Å². The van der Waals surface area contributed by atoms with Crippen LogP contribution in [0.3, 0.4) is 0 Å². The van der Waals surface area contributed by atoms with Crippen molar-refractivity contribution in [2.24, 2.45) is 0 Å². The summed E-state index contributed by atoms with van der Waals surface area (Å²) in [6.45, 7) is 2.88. The SMILES string of the molecule is CCCCCNC(=O)CC1CSc2nc3c(c(=O)n21)CCC3. The number of amides is 1. The molecule has 0 radical (unpaired) electrons. The molecule has 0 saturated carbocycles. The smallest absolute Gasteiger partial charge is 0.257 e. The second kappa shape index (κ2) is 6.86. The maximum Gasteiger partial charge on any atom is 0.257 e. The van der Waals surface area contributed by atoms with Gasteiger partial charge in [0.25, 0.3) is 5.56 Å². The summed E-state index contributed by atoms with van der Waals surface area (Å²) in [4.78, 5) is 29.3. The fourth-order valence-corrected chi connectivity index (χ4v) is 4.35. The van der Waals surface area contributed by atoms with E-state index >= 15 is 0 Å². The van der Waals surface area contributed by atoms with Crippen LogP contribution in [0.15, 0.2) is 9.95 Å². The number of aromatic nitrogens is 2. The molecule has 1 aliphatic carbocycles. The van der Waals surface area contributed by atoms with Gasteiger partial charge in [-0.1, -0.05) is 31.5 Å². The molecule has 1 unspecified atom stereocenters. The van der Waals surface area contributed by atoms with Gasteiger partial charge in [0.2, 0.25) is 5.91 Å². The highest BCUT2D eigenvalue weighted by atomic mass is 32.2. The summed E-state index contributed by atoms with van der Waals surface area (Å²) in [6, 6.07) is -0.0444. The molecule has 0 fully saturated rings. The summed E-state index contributed by atoms with van der Waals surface area (Å²) < 4.78 is 1.76. The summed E-state index contributed by atoms with van der Waals surface area (Å²) >= 11 is 1.60. The zero-order chi connectivity index (χ0) is 15.5. The van der Waals surface area contributed by atoms with Crippen molar-refractivity contribution in [3.05, 3.63) is 21.6 Å². The van der Waals surface area contributed by atoms with Crippen LogP contribution in [-0.4, -0.2) is 27.8 Å². The molecule has 3 rings (SSSR count). The summed E-state index contributed by atoms with van der Waals surface area (Å²) in [6.07, 6.45) is 6.46. The van der Waals surface area contributed by atoms with E-state index in [1.54, 1.807) is 16.3 Å². The molecule has 1 aromatic heterocycles. The van der Waals surface area contributed by atoms with Crippen LogP contribution in [0.5, 0.6) is 0 Å². The normalized spacial score (nSPS) is 19.0. The molecule has 120 valence electrons. The van der Waals surface area contributed by atoms with E-state index in [0.29, 0.717) is 6.42 Å². The first-order chi connectivity index (χ1) is 10.7. The first kappa shape index (κ1) is 15.6. The minimum atomic E-state index is -0.0444. The average molecular weight is 321 g/mol. The lowest BCUT2D eigenvalue weighted by atomic mass is 10.2. The Bertz CT molecular complexity index is 627. The molecule has 22 heavy (non-hydrogen) atoms. The summed E-state index contributed by atoms with van der Waals surface area (Å²) in [5, 5.41) is 3.76. The van der Waals surface area contributed by atoms with Crippen molar-refractivity contribution in [2.45, 2.75) is 63.1 Å². The second-order valence-corrected chi connectivity index (χ2v) is 7.06. The highest BCUT2D eigenvalue weighted by Crippen LogP contribution is 2.33. The van der Waals surface area contributed by atoms with E-state index in [2.05, 4.69) is 17.2 Å². The van der Waals surface area contributed by atoms with Crippen molar-refractivity contribution in [1.29, 1.82) is 0 Å². The highest BCUT2D eigenvalue weighted by molar-refractivity contribution is 7.99. The Labute approximate surface area is 134 Å². The van der Waals surface area contributed by atoms with Crippen LogP contribution in [0, 0.1) is 0 Å². The third-order valence-electron chi connectivity index (χ3n) is 4.40. The lowest BCUT2D eigenvalue weighted by molar-refractivity contribution is -0.121. The highest BCUT2D eigenvalue weighted by Gasteiger charge is 2.30. The maximum absolute atomic E-state index is 12.6. The summed E-state index contributed by atoms with van der Waals surface area (Å²) in [7, 11) is 0. The van der Waals surface area contributed by atoms with Crippen LogP contribution in [0.2, 0.25) is 0 Å². The van der Waals surface area contributed by atoms with Gasteiger partial charge in [0.15, 0.2) is 5.16 Å². The van der Waals surface area contributed by atoms with Gasteiger partial charge in [-0.25, -0.2) is 4.98 Å². The van der Waals surface area contributed by atoms with Crippen molar-refractivity contribution in [3.63, 3.8) is 0 Å². The number of carbonyl (C=O) groups is 1. The van der Waals surface area contributed by atoms with Gasteiger partial charge >= 0.3 is 0 Å². The van der Waals surface area contributed by atoms with Crippen molar-refractivity contribution in [2.75, 3.05) is 12.3 Å². The minimum absolute atomic E-state index is 0.0435. The zero-order valence-corrected chi connectivity index (χ0v) is 13.9. The van der Waals surface area contributed by atoms with Crippen molar-refractivity contribution < 1.29 is 4.79 Å². The minimum Gasteiger partial charge on any atom is -0.356 e. The van der Waals surface area contributed by atoms with Gasteiger partial charge < -0.3 is 5.32 Å². The quantitative estimate of drug-likeness (QED) is 0.643. The summed E-state index contributed by atoms with van der Waals surface area (Å²) in [5.74, 6) is 0.815. The second-order valence-electron chi connectivity index (χ2n) is 6.07. The van der Waals surface area contributed by atoms with Crippen LogP contribution in [0.25, 0.3) is 0 Å². The molecule has 0 bridgehead atoms. The molecular formula is C16H23N3O2S. The third kappa shape index (κ3) is 3.07. The van der Waals surface area contributed by atoms with E-state index in [9.17, 15) is 9.59 Å². The van der Waals surface area contributed by atoms with Gasteiger partial charge in [-0.3, -0.25) is 14.2 Å². The Kier molecular flexibility index (Phi) is 4.86. The lowest BCUT2D eigenvalue weighted by Gasteiger charge is -2.14. The van der Waals surface area contributed by atoms with Crippen molar-refractivity contribution >= 4 is 17.7 Å². The Balaban J connectivity index is 1.67. The number of thioether (sulfide) groups is 1. The number of rotatable bonds is 6. The van der Waals surface area contributed by atoms with E-state index in [1.165, 1.54) is 0 Å². The number of hydrogen-bond acceptors (Lipinski definition) is 4. The van der Waals surface area contributed by atoms with Gasteiger partial charge in [-0.15, -0.1) is 0 Å². The predicted octanol–water partition coefficient (Wildman–Crippen LogP) is 2.08. The Morgan fingerprint density at radius 2 is 2.27 bits per heavy atom. The molecule has 5 nitrogen and oxygen atoms in total. The molecule has 0 spiro atoms. The van der Waals surface area contributed by atoms with Gasteiger partial charge in [0.1, 0.15) is 0 Å². The van der Waals surface area contributed by atoms with E-state index in [-0.39, 0.29) is 17.5 Å². The fourth-order valence-electron chi connectivity index (χ4n) is 3.19. The monoisotopic (exact) mass is 321 g/mol. The van der Waals surface area contributed by atoms with Crippen LogP contribution in [-0.2, 0) is 17.6 Å². The van der Waals surface area contributed by atoms with Crippen LogP contribution in [0.1, 0.15) is 56.3 Å². The van der Waals surface area contributed by atoms with Gasteiger partial charge in [0.05, 0.1) is 11.7 Å². The molecule has 1 aromatic rings. The molecule has 1 aliphatic heterocycles. The molecule has 2 aliphatic rings. The Morgan fingerprint density at radius 1 is 1.41 bits per heavy atom. The van der Waals surface area contributed by atoms with Crippen molar-refractivity contribution in [1.82, 2.24) is 14.9 Å². The Hall–Kier alpha value is -1.30. The predicted molar refractivity (Wildman–Crippen MR) is 87.4 cm³/mol. The number of fused-ring (bicyclic) bond motifs is 2. The van der Waals surface area contributed by atoms with E-state index < -0.39 is 0 Å². The average Bonchev–Trinajstić information content (AvgIpc) is 3.11. The lowest BCUT2D eigenvalue weighted by Crippen LogP contribution is -2.32. The molecule has 6 heteroatoms. The number of carbonyl (C=O) groups excluding carboxylic acids is 1. The molecule has 0 saturated heterocycles. The number of aryl methyl sites for hydroxylation is 1. The van der Waals surface area contributed by atoms with Gasteiger partial charge in [-0.05, 0) is 25.7 Å². The number of hydrogen-bond donors (Lipinski definition) is 1. The number of nitrogens with one attached hydrogen (secondary N) is 1. The van der Waals surface area contributed by atoms with E-state index in [4.69, 9.17) is 0 Å². The molecule has 2 heterocycles. The van der Waals surface area contributed by atoms with Gasteiger partial charge in [0, 0.05) is 24.3 Å². The fraction of sp³-hybridized carbons (Fsp3) is 0.688. The molecule has 0 aromatic carbocycles. The van der Waals surface area contributed by atoms with Crippen LogP contribution >= 0.6 is 11.8 Å². The van der Waals surface area contributed by atoms with Gasteiger partial charge in [-0.2, -0.15) is 0 Å². The Morgan fingerprint density at radius 3 is 3.09 bits per heavy atom. The third-order valence-corrected chi connectivity index (χ3v) is 5.49. The molecule has 1 amide bonds.